The van der Waals surface area contributed by atoms with Gasteiger partial charge >= 0.3 is 0 Å². The van der Waals surface area contributed by atoms with Gasteiger partial charge in [-0.25, -0.2) is 4.98 Å². The molecule has 116 valence electrons. The van der Waals surface area contributed by atoms with Crippen molar-refractivity contribution >= 4 is 11.6 Å². The van der Waals surface area contributed by atoms with Crippen molar-refractivity contribution in [3.63, 3.8) is 0 Å². The van der Waals surface area contributed by atoms with Crippen LogP contribution in [0.15, 0.2) is 91.1 Å². The Labute approximate surface area is 146 Å². The predicted molar refractivity (Wildman–Crippen MR) is 99.4 cm³/mol. The van der Waals surface area contributed by atoms with Gasteiger partial charge in [0.1, 0.15) is 5.82 Å². The fourth-order valence-corrected chi connectivity index (χ4v) is 2.84. The third-order valence-corrected chi connectivity index (χ3v) is 4.16. The molecule has 0 saturated carbocycles. The second-order valence-electron chi connectivity index (χ2n) is 5.53. The Bertz CT molecular complexity index is 885. The summed E-state index contributed by atoms with van der Waals surface area (Å²) in [5.41, 5.74) is 4.14. The van der Waals surface area contributed by atoms with E-state index in [0.29, 0.717) is 0 Å². The molecule has 3 aromatic carbocycles. The molecule has 0 spiro atoms. The van der Waals surface area contributed by atoms with Crippen LogP contribution in [-0.2, 0) is 0 Å². The Kier molecular flexibility index (Phi) is 3.89. The van der Waals surface area contributed by atoms with E-state index >= 15 is 0 Å². The molecule has 0 saturated heterocycles. The zero-order valence-corrected chi connectivity index (χ0v) is 13.7. The highest BCUT2D eigenvalue weighted by Crippen LogP contribution is 2.28. The number of benzene rings is 3. The Hall–Kier alpha value is -2.84. The van der Waals surface area contributed by atoms with Crippen molar-refractivity contribution in [1.82, 2.24) is 9.55 Å². The lowest BCUT2D eigenvalue weighted by Gasteiger charge is -2.07. The predicted octanol–water partition coefficient (Wildman–Crippen LogP) is 5.86. The van der Waals surface area contributed by atoms with E-state index in [4.69, 9.17) is 16.6 Å². The van der Waals surface area contributed by atoms with Gasteiger partial charge in [-0.1, -0.05) is 72.3 Å². The minimum atomic E-state index is 0.726. The molecule has 0 atom stereocenters. The van der Waals surface area contributed by atoms with Crippen molar-refractivity contribution in [3.8, 4) is 28.3 Å². The van der Waals surface area contributed by atoms with E-state index in [9.17, 15) is 0 Å². The number of imidazole rings is 1. The van der Waals surface area contributed by atoms with Gasteiger partial charge in [0.05, 0.1) is 5.69 Å². The number of hydrogen-bond donors (Lipinski definition) is 0. The third-order valence-electron chi connectivity index (χ3n) is 3.91. The second-order valence-corrected chi connectivity index (χ2v) is 5.96. The van der Waals surface area contributed by atoms with Crippen LogP contribution in [0.5, 0.6) is 0 Å². The third kappa shape index (κ3) is 2.84. The van der Waals surface area contributed by atoms with Gasteiger partial charge in [-0.05, 0) is 24.3 Å². The first-order valence-corrected chi connectivity index (χ1v) is 8.15. The van der Waals surface area contributed by atoms with Crippen LogP contribution < -0.4 is 0 Å². The molecule has 0 radical (unpaired) electrons. The van der Waals surface area contributed by atoms with Gasteiger partial charge in [-0.15, -0.1) is 0 Å². The van der Waals surface area contributed by atoms with Gasteiger partial charge in [0.25, 0.3) is 0 Å². The molecule has 0 N–H and O–H groups in total. The summed E-state index contributed by atoms with van der Waals surface area (Å²) in [6.07, 6.45) is 2.07. The number of para-hydroxylation sites is 1. The van der Waals surface area contributed by atoms with Crippen LogP contribution in [0.2, 0.25) is 5.02 Å². The highest BCUT2D eigenvalue weighted by Gasteiger charge is 2.12. The Morgan fingerprint density at radius 2 is 1.29 bits per heavy atom. The number of nitrogens with zero attached hydrogens (tertiary/aromatic N) is 2. The summed E-state index contributed by atoms with van der Waals surface area (Å²) in [7, 11) is 0. The normalized spacial score (nSPS) is 10.7. The monoisotopic (exact) mass is 330 g/mol. The fraction of sp³-hybridized carbons (Fsp3) is 0. The van der Waals surface area contributed by atoms with Gasteiger partial charge in [0, 0.05) is 28.0 Å². The molecular formula is C21H15ClN2. The Morgan fingerprint density at radius 1 is 0.667 bits per heavy atom. The molecule has 24 heavy (non-hydrogen) atoms. The molecule has 0 amide bonds. The van der Waals surface area contributed by atoms with Crippen LogP contribution in [0.3, 0.4) is 0 Å². The van der Waals surface area contributed by atoms with E-state index in [1.54, 1.807) is 0 Å². The Morgan fingerprint density at radius 3 is 1.96 bits per heavy atom. The summed E-state index contributed by atoms with van der Waals surface area (Å²) in [6.45, 7) is 0. The van der Waals surface area contributed by atoms with Gasteiger partial charge in [-0.3, -0.25) is 4.57 Å². The van der Waals surface area contributed by atoms with Gasteiger partial charge < -0.3 is 0 Å². The van der Waals surface area contributed by atoms with E-state index in [0.717, 1.165) is 33.4 Å². The summed E-state index contributed by atoms with van der Waals surface area (Å²) in [6, 6.07) is 28.2. The molecule has 0 aliphatic heterocycles. The molecule has 0 unspecified atom stereocenters. The molecule has 2 nitrogen and oxygen atoms in total. The van der Waals surface area contributed by atoms with E-state index in [1.807, 2.05) is 60.7 Å². The summed E-state index contributed by atoms with van der Waals surface area (Å²) in [5.74, 6) is 0.923. The second kappa shape index (κ2) is 6.34. The maximum absolute atomic E-state index is 6.00. The highest BCUT2D eigenvalue weighted by atomic mass is 35.5. The molecule has 0 aliphatic rings. The van der Waals surface area contributed by atoms with Gasteiger partial charge in [-0.2, -0.15) is 0 Å². The van der Waals surface area contributed by atoms with Gasteiger partial charge in [0.2, 0.25) is 0 Å². The molecule has 0 aliphatic carbocycles. The minimum Gasteiger partial charge on any atom is -0.299 e. The largest absolute Gasteiger partial charge is 0.299 e. The standard InChI is InChI=1S/C21H15ClN2/c22-18-13-11-16(12-14-18)20-15-24(19-9-5-2-6-10-19)21(23-20)17-7-3-1-4-8-17/h1-15H. The summed E-state index contributed by atoms with van der Waals surface area (Å²) >= 11 is 6.00. The van der Waals surface area contributed by atoms with Crippen LogP contribution in [0.1, 0.15) is 0 Å². The summed E-state index contributed by atoms with van der Waals surface area (Å²) in [5, 5.41) is 0.726. The Balaban J connectivity index is 1.89. The smallest absolute Gasteiger partial charge is 0.145 e. The number of aromatic nitrogens is 2. The van der Waals surface area contributed by atoms with E-state index in [2.05, 4.69) is 35.0 Å². The van der Waals surface area contributed by atoms with Crippen LogP contribution in [0.4, 0.5) is 0 Å². The quantitative estimate of drug-likeness (QED) is 0.460. The van der Waals surface area contributed by atoms with Crippen LogP contribution in [-0.4, -0.2) is 9.55 Å². The minimum absolute atomic E-state index is 0.726. The fourth-order valence-electron chi connectivity index (χ4n) is 2.72. The molecular weight excluding hydrogens is 316 g/mol. The number of rotatable bonds is 3. The highest BCUT2D eigenvalue weighted by molar-refractivity contribution is 6.30. The van der Waals surface area contributed by atoms with E-state index < -0.39 is 0 Å². The molecule has 4 aromatic rings. The molecule has 4 rings (SSSR count). The first kappa shape index (κ1) is 14.7. The van der Waals surface area contributed by atoms with Crippen LogP contribution in [0.25, 0.3) is 28.3 Å². The maximum Gasteiger partial charge on any atom is 0.145 e. The number of halogens is 1. The van der Waals surface area contributed by atoms with Gasteiger partial charge in [0.15, 0.2) is 0 Å². The van der Waals surface area contributed by atoms with Crippen molar-refractivity contribution in [2.45, 2.75) is 0 Å². The topological polar surface area (TPSA) is 17.8 Å². The van der Waals surface area contributed by atoms with Crippen LogP contribution >= 0.6 is 11.6 Å². The van der Waals surface area contributed by atoms with Crippen molar-refractivity contribution in [2.75, 3.05) is 0 Å². The number of hydrogen-bond acceptors (Lipinski definition) is 1. The molecule has 3 heteroatoms. The first-order valence-electron chi connectivity index (χ1n) is 7.77. The van der Waals surface area contributed by atoms with Crippen molar-refractivity contribution in [1.29, 1.82) is 0 Å². The van der Waals surface area contributed by atoms with Crippen molar-refractivity contribution in [2.24, 2.45) is 0 Å². The molecule has 0 fully saturated rings. The lowest BCUT2D eigenvalue weighted by molar-refractivity contribution is 1.07. The zero-order chi connectivity index (χ0) is 16.4. The molecule has 1 heterocycles. The molecule has 0 bridgehead atoms. The van der Waals surface area contributed by atoms with Crippen molar-refractivity contribution in [3.05, 3.63) is 96.1 Å². The average Bonchev–Trinajstić information content (AvgIpc) is 3.09. The lowest BCUT2D eigenvalue weighted by Crippen LogP contribution is -1.95. The average molecular weight is 331 g/mol. The zero-order valence-electron chi connectivity index (χ0n) is 12.9. The lowest BCUT2D eigenvalue weighted by atomic mass is 10.2. The SMILES string of the molecule is Clc1ccc(-c2cn(-c3ccccc3)c(-c3ccccc3)n2)cc1. The van der Waals surface area contributed by atoms with E-state index in [-0.39, 0.29) is 0 Å². The van der Waals surface area contributed by atoms with E-state index in [1.165, 1.54) is 0 Å². The molecule has 1 aromatic heterocycles. The summed E-state index contributed by atoms with van der Waals surface area (Å²) in [4.78, 5) is 4.88. The van der Waals surface area contributed by atoms with Crippen molar-refractivity contribution < 1.29 is 0 Å². The summed E-state index contributed by atoms with van der Waals surface area (Å²) < 4.78 is 2.12. The maximum atomic E-state index is 6.00. The van der Waals surface area contributed by atoms with Crippen LogP contribution in [0, 0.1) is 0 Å². The first-order chi connectivity index (χ1) is 11.8.